The third-order valence-corrected chi connectivity index (χ3v) is 3.73. The van der Waals surface area contributed by atoms with Gasteiger partial charge in [-0.2, -0.15) is 0 Å². The molecule has 2 unspecified atom stereocenters. The Kier molecular flexibility index (Phi) is 3.82. The van der Waals surface area contributed by atoms with Gasteiger partial charge in [-0.05, 0) is 11.8 Å². The molecule has 0 radical (unpaired) electrons. The van der Waals surface area contributed by atoms with Crippen LogP contribution in [0.1, 0.15) is 51.8 Å². The smallest absolute Gasteiger partial charge is 0.150 e. The summed E-state index contributed by atoms with van der Waals surface area (Å²) in [7, 11) is 0. The van der Waals surface area contributed by atoms with Crippen molar-refractivity contribution >= 4 is 0 Å². The second kappa shape index (κ2) is 5.17. The molecule has 2 rings (SSSR count). The third-order valence-electron chi connectivity index (χ3n) is 3.73. The summed E-state index contributed by atoms with van der Waals surface area (Å²) in [6.45, 7) is 11.0. The van der Waals surface area contributed by atoms with Crippen molar-refractivity contribution in [1.29, 1.82) is 0 Å². The molecule has 1 N–H and O–H groups in total. The topological polar surface area (TPSA) is 42.7 Å². The lowest BCUT2D eigenvalue weighted by Gasteiger charge is -2.28. The van der Waals surface area contributed by atoms with Crippen LogP contribution in [0.15, 0.2) is 0 Å². The van der Waals surface area contributed by atoms with Crippen molar-refractivity contribution in [2.24, 2.45) is 11.8 Å². The number of rotatable bonds is 4. The molecule has 1 aromatic rings. The Morgan fingerprint density at radius 1 is 1.35 bits per heavy atom. The Balaban J connectivity index is 2.22. The molecular weight excluding hydrogens is 212 g/mol. The molecule has 0 saturated carbocycles. The van der Waals surface area contributed by atoms with E-state index in [1.54, 1.807) is 0 Å². The Hall–Kier alpha value is -0.900. The normalized spacial score (nSPS) is 21.6. The molecular formula is C13H24N4. The molecule has 2 atom stereocenters. The molecule has 4 heteroatoms. The molecule has 0 spiro atoms. The SMILES string of the molecule is CCC(C)Cc1nnc2n1CCNC2C(C)C. The zero-order chi connectivity index (χ0) is 12.4. The predicted molar refractivity (Wildman–Crippen MR) is 68.8 cm³/mol. The van der Waals surface area contributed by atoms with E-state index in [0.717, 1.165) is 25.3 Å². The second-order valence-corrected chi connectivity index (χ2v) is 5.52. The maximum Gasteiger partial charge on any atom is 0.150 e. The van der Waals surface area contributed by atoms with E-state index in [1.165, 1.54) is 12.2 Å². The van der Waals surface area contributed by atoms with Crippen molar-refractivity contribution in [3.05, 3.63) is 11.6 Å². The van der Waals surface area contributed by atoms with Crippen LogP contribution in [-0.2, 0) is 13.0 Å². The van der Waals surface area contributed by atoms with E-state index < -0.39 is 0 Å². The molecule has 1 aromatic heterocycles. The highest BCUT2D eigenvalue weighted by Crippen LogP contribution is 2.24. The molecule has 0 bridgehead atoms. The summed E-state index contributed by atoms with van der Waals surface area (Å²) in [6, 6.07) is 0.363. The van der Waals surface area contributed by atoms with Crippen LogP contribution >= 0.6 is 0 Å². The summed E-state index contributed by atoms with van der Waals surface area (Å²) in [6.07, 6.45) is 2.25. The second-order valence-electron chi connectivity index (χ2n) is 5.52. The first-order valence-corrected chi connectivity index (χ1v) is 6.78. The molecule has 1 aliphatic heterocycles. The fraction of sp³-hybridized carbons (Fsp3) is 0.846. The van der Waals surface area contributed by atoms with Gasteiger partial charge in [0.25, 0.3) is 0 Å². The summed E-state index contributed by atoms with van der Waals surface area (Å²) in [5.41, 5.74) is 0. The lowest BCUT2D eigenvalue weighted by molar-refractivity contribution is 0.333. The highest BCUT2D eigenvalue weighted by molar-refractivity contribution is 5.06. The Labute approximate surface area is 104 Å². The summed E-state index contributed by atoms with van der Waals surface area (Å²) in [5, 5.41) is 12.3. The average Bonchev–Trinajstić information content (AvgIpc) is 2.72. The number of hydrogen-bond donors (Lipinski definition) is 1. The summed E-state index contributed by atoms with van der Waals surface area (Å²) in [5.74, 6) is 3.55. The maximum absolute atomic E-state index is 4.40. The monoisotopic (exact) mass is 236 g/mol. The number of aromatic nitrogens is 3. The molecule has 0 aliphatic carbocycles. The Morgan fingerprint density at radius 3 is 2.76 bits per heavy atom. The van der Waals surface area contributed by atoms with Gasteiger partial charge in [-0.3, -0.25) is 0 Å². The van der Waals surface area contributed by atoms with Crippen molar-refractivity contribution in [2.45, 2.75) is 53.1 Å². The highest BCUT2D eigenvalue weighted by Gasteiger charge is 2.27. The number of nitrogens with one attached hydrogen (secondary N) is 1. The average molecular weight is 236 g/mol. The van der Waals surface area contributed by atoms with E-state index in [4.69, 9.17) is 0 Å². The number of hydrogen-bond acceptors (Lipinski definition) is 3. The van der Waals surface area contributed by atoms with Crippen molar-refractivity contribution in [3.8, 4) is 0 Å². The highest BCUT2D eigenvalue weighted by atomic mass is 15.3. The van der Waals surface area contributed by atoms with Gasteiger partial charge in [0.15, 0.2) is 5.82 Å². The third kappa shape index (κ3) is 2.51. The van der Waals surface area contributed by atoms with Gasteiger partial charge in [-0.25, -0.2) is 0 Å². The van der Waals surface area contributed by atoms with Crippen LogP contribution in [0.5, 0.6) is 0 Å². The summed E-state index contributed by atoms with van der Waals surface area (Å²) < 4.78 is 2.33. The first-order chi connectivity index (χ1) is 8.13. The van der Waals surface area contributed by atoms with E-state index in [-0.39, 0.29) is 0 Å². The standard InChI is InChI=1S/C13H24N4/c1-5-10(4)8-11-15-16-13-12(9(2)3)14-6-7-17(11)13/h9-10,12,14H,5-8H2,1-4H3. The molecule has 2 heterocycles. The minimum atomic E-state index is 0.363. The molecule has 17 heavy (non-hydrogen) atoms. The fourth-order valence-electron chi connectivity index (χ4n) is 2.39. The Morgan fingerprint density at radius 2 is 2.12 bits per heavy atom. The largest absolute Gasteiger partial charge is 0.312 e. The first-order valence-electron chi connectivity index (χ1n) is 6.78. The van der Waals surface area contributed by atoms with E-state index in [2.05, 4.69) is 47.8 Å². The minimum Gasteiger partial charge on any atom is -0.312 e. The minimum absolute atomic E-state index is 0.363. The van der Waals surface area contributed by atoms with Crippen LogP contribution in [-0.4, -0.2) is 21.3 Å². The predicted octanol–water partition coefficient (Wildman–Crippen LogP) is 2.17. The van der Waals surface area contributed by atoms with Crippen molar-refractivity contribution < 1.29 is 0 Å². The van der Waals surface area contributed by atoms with E-state index in [9.17, 15) is 0 Å². The lowest BCUT2D eigenvalue weighted by Crippen LogP contribution is -2.37. The summed E-state index contributed by atoms with van der Waals surface area (Å²) in [4.78, 5) is 0. The van der Waals surface area contributed by atoms with Crippen LogP contribution in [0, 0.1) is 11.8 Å². The molecule has 0 saturated heterocycles. The quantitative estimate of drug-likeness (QED) is 0.871. The molecule has 4 nitrogen and oxygen atoms in total. The van der Waals surface area contributed by atoms with Crippen LogP contribution in [0.3, 0.4) is 0 Å². The molecule has 96 valence electrons. The van der Waals surface area contributed by atoms with Crippen LogP contribution in [0.25, 0.3) is 0 Å². The van der Waals surface area contributed by atoms with Crippen molar-refractivity contribution in [2.75, 3.05) is 6.54 Å². The summed E-state index contributed by atoms with van der Waals surface area (Å²) >= 11 is 0. The maximum atomic E-state index is 4.40. The van der Waals surface area contributed by atoms with Crippen LogP contribution in [0.4, 0.5) is 0 Å². The number of nitrogens with zero attached hydrogens (tertiary/aromatic N) is 3. The van der Waals surface area contributed by atoms with Gasteiger partial charge in [0.2, 0.25) is 0 Å². The van der Waals surface area contributed by atoms with Gasteiger partial charge in [0, 0.05) is 19.5 Å². The van der Waals surface area contributed by atoms with Gasteiger partial charge < -0.3 is 9.88 Å². The van der Waals surface area contributed by atoms with Gasteiger partial charge >= 0.3 is 0 Å². The van der Waals surface area contributed by atoms with Crippen molar-refractivity contribution in [3.63, 3.8) is 0 Å². The zero-order valence-electron chi connectivity index (χ0n) is 11.4. The Bertz CT molecular complexity index is 369. The van der Waals surface area contributed by atoms with E-state index in [1.807, 2.05) is 0 Å². The van der Waals surface area contributed by atoms with Crippen LogP contribution in [0.2, 0.25) is 0 Å². The lowest BCUT2D eigenvalue weighted by atomic mass is 10.0. The molecule has 0 fully saturated rings. The van der Waals surface area contributed by atoms with E-state index in [0.29, 0.717) is 17.9 Å². The molecule has 0 aromatic carbocycles. The van der Waals surface area contributed by atoms with Gasteiger partial charge in [-0.15, -0.1) is 10.2 Å². The van der Waals surface area contributed by atoms with Gasteiger partial charge in [0.05, 0.1) is 6.04 Å². The fourth-order valence-corrected chi connectivity index (χ4v) is 2.39. The van der Waals surface area contributed by atoms with Gasteiger partial charge in [0.1, 0.15) is 5.82 Å². The van der Waals surface area contributed by atoms with E-state index >= 15 is 0 Å². The molecule has 0 amide bonds. The number of fused-ring (bicyclic) bond motifs is 1. The first kappa shape index (κ1) is 12.6. The zero-order valence-corrected chi connectivity index (χ0v) is 11.4. The molecule has 1 aliphatic rings. The van der Waals surface area contributed by atoms with Gasteiger partial charge in [-0.1, -0.05) is 34.1 Å². The van der Waals surface area contributed by atoms with Crippen LogP contribution < -0.4 is 5.32 Å². The van der Waals surface area contributed by atoms with Crippen molar-refractivity contribution in [1.82, 2.24) is 20.1 Å².